The fourth-order valence-electron chi connectivity index (χ4n) is 4.38. The van der Waals surface area contributed by atoms with Crippen LogP contribution in [0.1, 0.15) is 23.2 Å². The quantitative estimate of drug-likeness (QED) is 0.795. The van der Waals surface area contributed by atoms with Gasteiger partial charge in [0.25, 0.3) is 0 Å². The molecular formula is C19H22N4O2. The van der Waals surface area contributed by atoms with Crippen LogP contribution >= 0.6 is 0 Å². The summed E-state index contributed by atoms with van der Waals surface area (Å²) in [5, 5.41) is 9.84. The SMILES string of the molecule is COc1cc(C)c2nc3n[nH]c(C)c3c(CN3CC4CC3CO4)c2c1. The number of benzene rings is 1. The van der Waals surface area contributed by atoms with Crippen molar-refractivity contribution in [3.05, 3.63) is 29.0 Å². The fraction of sp³-hybridized carbons (Fsp3) is 0.474. The molecule has 3 aromatic rings. The van der Waals surface area contributed by atoms with E-state index >= 15 is 0 Å². The molecule has 6 nitrogen and oxygen atoms in total. The van der Waals surface area contributed by atoms with Crippen molar-refractivity contribution in [2.75, 3.05) is 20.3 Å². The Morgan fingerprint density at radius 1 is 1.36 bits per heavy atom. The van der Waals surface area contributed by atoms with E-state index in [1.807, 2.05) is 6.07 Å². The van der Waals surface area contributed by atoms with Crippen LogP contribution in [0.5, 0.6) is 5.75 Å². The molecule has 2 aliphatic rings. The monoisotopic (exact) mass is 338 g/mol. The van der Waals surface area contributed by atoms with Gasteiger partial charge in [-0.3, -0.25) is 10.00 Å². The largest absolute Gasteiger partial charge is 0.497 e. The Bertz CT molecular complexity index is 981. The Morgan fingerprint density at radius 2 is 2.24 bits per heavy atom. The number of hydrogen-bond acceptors (Lipinski definition) is 5. The molecule has 6 heteroatoms. The van der Waals surface area contributed by atoms with Crippen molar-refractivity contribution < 1.29 is 9.47 Å². The van der Waals surface area contributed by atoms with E-state index in [1.54, 1.807) is 7.11 Å². The van der Waals surface area contributed by atoms with Gasteiger partial charge in [0.2, 0.25) is 0 Å². The summed E-state index contributed by atoms with van der Waals surface area (Å²) in [6, 6.07) is 4.68. The Labute approximate surface area is 146 Å². The molecule has 0 saturated carbocycles. The summed E-state index contributed by atoms with van der Waals surface area (Å²) in [6.07, 6.45) is 1.55. The molecule has 5 rings (SSSR count). The second-order valence-electron chi connectivity index (χ2n) is 7.25. The van der Waals surface area contributed by atoms with E-state index in [1.165, 1.54) is 5.56 Å². The second kappa shape index (κ2) is 5.41. The third-order valence-corrected chi connectivity index (χ3v) is 5.66. The summed E-state index contributed by atoms with van der Waals surface area (Å²) in [5.41, 5.74) is 5.29. The maximum atomic E-state index is 5.77. The number of morpholine rings is 1. The average Bonchev–Trinajstić information content (AvgIpc) is 3.31. The van der Waals surface area contributed by atoms with Crippen molar-refractivity contribution in [1.82, 2.24) is 20.1 Å². The van der Waals surface area contributed by atoms with Crippen LogP contribution in [0, 0.1) is 13.8 Å². The van der Waals surface area contributed by atoms with Gasteiger partial charge in [-0.1, -0.05) is 0 Å². The number of H-pyrrole nitrogens is 1. The summed E-state index contributed by atoms with van der Waals surface area (Å²) in [5.74, 6) is 0.875. The van der Waals surface area contributed by atoms with Crippen molar-refractivity contribution in [1.29, 1.82) is 0 Å². The molecule has 2 atom stereocenters. The highest BCUT2D eigenvalue weighted by Crippen LogP contribution is 2.35. The van der Waals surface area contributed by atoms with Gasteiger partial charge in [-0.05, 0) is 43.5 Å². The first-order valence-electron chi connectivity index (χ1n) is 8.81. The van der Waals surface area contributed by atoms with Gasteiger partial charge in [0.05, 0.1) is 25.3 Å². The highest BCUT2D eigenvalue weighted by Gasteiger charge is 2.39. The van der Waals surface area contributed by atoms with Crippen molar-refractivity contribution in [2.24, 2.45) is 0 Å². The number of aromatic amines is 1. The molecule has 0 spiro atoms. The van der Waals surface area contributed by atoms with Crippen LogP contribution in [0.2, 0.25) is 0 Å². The standard InChI is InChI=1S/C19H22N4O2/c1-10-4-13(24-3)6-15-16(8-23-7-14-5-12(23)9-25-14)17-11(2)21-22-19(17)20-18(10)15/h4,6,12,14H,5,7-9H2,1-3H3,(H,20,21,22). The summed E-state index contributed by atoms with van der Waals surface area (Å²) < 4.78 is 11.3. The molecule has 0 radical (unpaired) electrons. The van der Waals surface area contributed by atoms with Crippen LogP contribution in [0.25, 0.3) is 21.9 Å². The van der Waals surface area contributed by atoms with E-state index in [-0.39, 0.29) is 0 Å². The third kappa shape index (κ3) is 2.24. The Kier molecular flexibility index (Phi) is 3.27. The zero-order chi connectivity index (χ0) is 17.1. The Balaban J connectivity index is 1.74. The summed E-state index contributed by atoms with van der Waals surface area (Å²) in [6.45, 7) is 6.91. The number of rotatable bonds is 3. The number of hydrogen-bond donors (Lipinski definition) is 1. The van der Waals surface area contributed by atoms with Crippen molar-refractivity contribution in [3.8, 4) is 5.75 Å². The minimum Gasteiger partial charge on any atom is -0.497 e. The molecule has 4 heterocycles. The molecule has 130 valence electrons. The Morgan fingerprint density at radius 3 is 2.96 bits per heavy atom. The lowest BCUT2D eigenvalue weighted by atomic mass is 10.0. The minimum absolute atomic E-state index is 0.398. The van der Waals surface area contributed by atoms with Gasteiger partial charge in [-0.2, -0.15) is 5.10 Å². The number of likely N-dealkylation sites (tertiary alicyclic amines) is 1. The normalized spacial score (nSPS) is 23.2. The van der Waals surface area contributed by atoms with E-state index in [2.05, 4.69) is 35.0 Å². The van der Waals surface area contributed by atoms with Gasteiger partial charge in [0, 0.05) is 35.6 Å². The van der Waals surface area contributed by atoms with Gasteiger partial charge in [-0.15, -0.1) is 0 Å². The molecule has 1 aromatic carbocycles. The second-order valence-corrected chi connectivity index (χ2v) is 7.25. The summed E-state index contributed by atoms with van der Waals surface area (Å²) >= 11 is 0. The first kappa shape index (κ1) is 15.1. The number of pyridine rings is 1. The number of methoxy groups -OCH3 is 1. The predicted octanol–water partition coefficient (Wildman–Crippen LogP) is 2.71. The molecule has 25 heavy (non-hydrogen) atoms. The lowest BCUT2D eigenvalue weighted by Crippen LogP contribution is -2.36. The van der Waals surface area contributed by atoms with Crippen molar-refractivity contribution in [2.45, 2.75) is 39.0 Å². The molecule has 1 N–H and O–H groups in total. The van der Waals surface area contributed by atoms with E-state index in [4.69, 9.17) is 14.5 Å². The van der Waals surface area contributed by atoms with Crippen molar-refractivity contribution in [3.63, 3.8) is 0 Å². The Hall–Kier alpha value is -2.18. The number of aryl methyl sites for hydroxylation is 2. The molecule has 0 amide bonds. The van der Waals surface area contributed by atoms with Crippen LogP contribution in [0.15, 0.2) is 12.1 Å². The molecule has 2 fully saturated rings. The molecule has 0 aliphatic carbocycles. The lowest BCUT2D eigenvalue weighted by molar-refractivity contribution is 0.0276. The first-order chi connectivity index (χ1) is 12.1. The van der Waals surface area contributed by atoms with Crippen LogP contribution in [0.3, 0.4) is 0 Å². The van der Waals surface area contributed by atoms with Crippen LogP contribution in [0.4, 0.5) is 0 Å². The molecule has 2 saturated heterocycles. The van der Waals surface area contributed by atoms with Crippen LogP contribution in [-0.4, -0.2) is 52.5 Å². The summed E-state index contributed by atoms with van der Waals surface area (Å²) in [7, 11) is 1.71. The number of nitrogens with one attached hydrogen (secondary N) is 1. The lowest BCUT2D eigenvalue weighted by Gasteiger charge is -2.27. The van der Waals surface area contributed by atoms with Gasteiger partial charge < -0.3 is 9.47 Å². The average molecular weight is 338 g/mol. The predicted molar refractivity (Wildman–Crippen MR) is 96.0 cm³/mol. The number of aromatic nitrogens is 3. The molecule has 2 unspecified atom stereocenters. The first-order valence-corrected chi connectivity index (χ1v) is 8.81. The third-order valence-electron chi connectivity index (χ3n) is 5.66. The summed E-state index contributed by atoms with van der Waals surface area (Å²) in [4.78, 5) is 7.36. The van der Waals surface area contributed by atoms with Crippen LogP contribution < -0.4 is 4.74 Å². The van der Waals surface area contributed by atoms with E-state index in [0.717, 1.165) is 65.1 Å². The zero-order valence-electron chi connectivity index (χ0n) is 14.8. The van der Waals surface area contributed by atoms with Gasteiger partial charge in [0.1, 0.15) is 5.75 Å². The smallest absolute Gasteiger partial charge is 0.182 e. The van der Waals surface area contributed by atoms with Gasteiger partial charge >= 0.3 is 0 Å². The van der Waals surface area contributed by atoms with Crippen molar-refractivity contribution >= 4 is 21.9 Å². The highest BCUT2D eigenvalue weighted by atomic mass is 16.5. The number of nitrogens with zero attached hydrogens (tertiary/aromatic N) is 3. The van der Waals surface area contributed by atoms with Crippen LogP contribution in [-0.2, 0) is 11.3 Å². The molecule has 2 aliphatic heterocycles. The molecular weight excluding hydrogens is 316 g/mol. The number of ether oxygens (including phenoxy) is 2. The van der Waals surface area contributed by atoms with E-state index < -0.39 is 0 Å². The fourth-order valence-corrected chi connectivity index (χ4v) is 4.38. The highest BCUT2D eigenvalue weighted by molar-refractivity contribution is 5.99. The number of fused-ring (bicyclic) bond motifs is 4. The minimum atomic E-state index is 0.398. The zero-order valence-corrected chi connectivity index (χ0v) is 14.8. The topological polar surface area (TPSA) is 63.3 Å². The van der Waals surface area contributed by atoms with Gasteiger partial charge in [0.15, 0.2) is 5.65 Å². The molecule has 2 bridgehead atoms. The van der Waals surface area contributed by atoms with E-state index in [9.17, 15) is 0 Å². The van der Waals surface area contributed by atoms with Gasteiger partial charge in [-0.25, -0.2) is 4.98 Å². The van der Waals surface area contributed by atoms with E-state index in [0.29, 0.717) is 12.1 Å². The maximum Gasteiger partial charge on any atom is 0.182 e. The molecule has 2 aromatic heterocycles. The maximum absolute atomic E-state index is 5.77.